The monoisotopic (exact) mass is 306 g/mol. The molecule has 0 saturated carbocycles. The van der Waals surface area contributed by atoms with Gasteiger partial charge in [0, 0.05) is 0 Å². The van der Waals surface area contributed by atoms with Crippen molar-refractivity contribution in [2.75, 3.05) is 18.1 Å². The lowest BCUT2D eigenvalue weighted by Crippen LogP contribution is -2.44. The lowest BCUT2D eigenvalue weighted by molar-refractivity contribution is -0.0910. The third-order valence-electron chi connectivity index (χ3n) is 3.64. The fourth-order valence-electron chi connectivity index (χ4n) is 2.45. The summed E-state index contributed by atoms with van der Waals surface area (Å²) >= 11 is 0. The number of terminal acetylenes is 1. The summed E-state index contributed by atoms with van der Waals surface area (Å²) in [6.07, 6.45) is 2.61. The van der Waals surface area contributed by atoms with E-state index in [4.69, 9.17) is 22.6 Å². The van der Waals surface area contributed by atoms with Crippen LogP contribution in [0.3, 0.4) is 0 Å². The van der Waals surface area contributed by atoms with Gasteiger partial charge in [0.25, 0.3) is 0 Å². The van der Waals surface area contributed by atoms with Gasteiger partial charge in [0.15, 0.2) is 23.3 Å². The van der Waals surface area contributed by atoms with Gasteiger partial charge >= 0.3 is 0 Å². The molecule has 1 aliphatic rings. The summed E-state index contributed by atoms with van der Waals surface area (Å²) < 4.78 is 6.82. The Bertz CT molecular complexity index is 771. The van der Waals surface area contributed by atoms with E-state index in [1.54, 1.807) is 0 Å². The highest BCUT2D eigenvalue weighted by atomic mass is 16.6. The highest BCUT2D eigenvalue weighted by Gasteiger charge is 2.54. The van der Waals surface area contributed by atoms with E-state index in [-0.39, 0.29) is 22.9 Å². The Labute approximate surface area is 124 Å². The topological polar surface area (TPSA) is 166 Å². The number of hydrogen-bond donors (Lipinski definition) is 5. The largest absolute Gasteiger partial charge is 0.392 e. The quantitative estimate of drug-likeness (QED) is 0.380. The van der Waals surface area contributed by atoms with E-state index in [1.165, 1.54) is 10.9 Å². The van der Waals surface area contributed by atoms with Crippen LogP contribution in [0, 0.1) is 12.3 Å². The highest BCUT2D eigenvalue weighted by molar-refractivity contribution is 5.82. The normalized spacial score (nSPS) is 31.5. The van der Waals surface area contributed by atoms with Gasteiger partial charge < -0.3 is 31.5 Å². The third kappa shape index (κ3) is 1.81. The van der Waals surface area contributed by atoms with Crippen LogP contribution in [0.4, 0.5) is 11.8 Å². The molecule has 4 atom stereocenters. The average molecular weight is 306 g/mol. The number of nitrogen functional groups attached to an aromatic ring is 2. The van der Waals surface area contributed by atoms with Crippen molar-refractivity contribution in [3.05, 3.63) is 6.33 Å². The molecule has 1 fully saturated rings. The molecule has 0 amide bonds. The van der Waals surface area contributed by atoms with E-state index < -0.39 is 30.6 Å². The molecule has 0 spiro atoms. The molecule has 1 aliphatic heterocycles. The molecule has 3 rings (SSSR count). The van der Waals surface area contributed by atoms with Gasteiger partial charge in [-0.1, -0.05) is 5.92 Å². The fourth-order valence-corrected chi connectivity index (χ4v) is 2.45. The van der Waals surface area contributed by atoms with Crippen molar-refractivity contribution < 1.29 is 20.1 Å². The standard InChI is InChI=1S/C12H14N6O4/c1-2-12(3-19)7(21)6(20)10(22-12)18-4-15-5-8(13)16-11(14)17-9(5)18/h1,4,6-7,10,19-21H,3H2,(H4,13,14,16,17)/t6?,7?,10-,12-/m1/s1. The van der Waals surface area contributed by atoms with Gasteiger partial charge in [-0.2, -0.15) is 9.97 Å². The molecular formula is C12H14N6O4. The summed E-state index contributed by atoms with van der Waals surface area (Å²) in [5, 5.41) is 29.6. The number of imidazole rings is 1. The highest BCUT2D eigenvalue weighted by Crippen LogP contribution is 2.38. The first kappa shape index (κ1) is 14.5. The molecule has 7 N–H and O–H groups in total. The number of aliphatic hydroxyl groups is 3. The van der Waals surface area contributed by atoms with Gasteiger partial charge in [-0.25, -0.2) is 4.98 Å². The number of fused-ring (bicyclic) bond motifs is 1. The molecule has 2 unspecified atom stereocenters. The summed E-state index contributed by atoms with van der Waals surface area (Å²) in [5.41, 5.74) is 10.0. The molecule has 0 bridgehead atoms. The molecule has 2 aromatic heterocycles. The minimum absolute atomic E-state index is 0.0691. The smallest absolute Gasteiger partial charge is 0.224 e. The van der Waals surface area contributed by atoms with E-state index in [9.17, 15) is 15.3 Å². The molecule has 2 aromatic rings. The summed E-state index contributed by atoms with van der Waals surface area (Å²) in [5.74, 6) is 2.16. The van der Waals surface area contributed by atoms with Gasteiger partial charge in [-0.15, -0.1) is 6.42 Å². The molecule has 10 heteroatoms. The zero-order valence-electron chi connectivity index (χ0n) is 11.3. The van der Waals surface area contributed by atoms with Crippen LogP contribution in [0.25, 0.3) is 11.2 Å². The zero-order valence-corrected chi connectivity index (χ0v) is 11.3. The Morgan fingerprint density at radius 2 is 2.14 bits per heavy atom. The van der Waals surface area contributed by atoms with E-state index in [0.29, 0.717) is 0 Å². The van der Waals surface area contributed by atoms with Crippen molar-refractivity contribution in [1.82, 2.24) is 19.5 Å². The minimum Gasteiger partial charge on any atom is -0.392 e. The number of anilines is 2. The Morgan fingerprint density at radius 3 is 2.73 bits per heavy atom. The molecule has 1 saturated heterocycles. The maximum atomic E-state index is 10.2. The molecule has 0 radical (unpaired) electrons. The molecule has 3 heterocycles. The van der Waals surface area contributed by atoms with Gasteiger partial charge in [-0.05, 0) is 0 Å². The number of nitrogens with two attached hydrogens (primary N) is 2. The number of aromatic nitrogens is 4. The van der Waals surface area contributed by atoms with Crippen LogP contribution in [0.15, 0.2) is 6.33 Å². The molecule has 0 aromatic carbocycles. The van der Waals surface area contributed by atoms with E-state index in [0.717, 1.165) is 0 Å². The van der Waals surface area contributed by atoms with Crippen molar-refractivity contribution in [1.29, 1.82) is 0 Å². The van der Waals surface area contributed by atoms with Crippen LogP contribution in [0.5, 0.6) is 0 Å². The number of nitrogens with zero attached hydrogens (tertiary/aromatic N) is 4. The first-order valence-corrected chi connectivity index (χ1v) is 6.31. The van der Waals surface area contributed by atoms with Crippen LogP contribution in [0.2, 0.25) is 0 Å². The minimum atomic E-state index is -1.72. The summed E-state index contributed by atoms with van der Waals surface area (Å²) in [4.78, 5) is 11.8. The van der Waals surface area contributed by atoms with Gasteiger partial charge in [-0.3, -0.25) is 4.57 Å². The van der Waals surface area contributed by atoms with Crippen molar-refractivity contribution in [2.24, 2.45) is 0 Å². The van der Waals surface area contributed by atoms with Gasteiger partial charge in [0.05, 0.1) is 12.9 Å². The van der Waals surface area contributed by atoms with Crippen LogP contribution in [-0.4, -0.2) is 59.3 Å². The van der Waals surface area contributed by atoms with Crippen LogP contribution in [-0.2, 0) is 4.74 Å². The van der Waals surface area contributed by atoms with Gasteiger partial charge in [0.2, 0.25) is 5.95 Å². The Hall–Kier alpha value is -2.45. The third-order valence-corrected chi connectivity index (χ3v) is 3.64. The second-order valence-electron chi connectivity index (χ2n) is 4.93. The summed E-state index contributed by atoms with van der Waals surface area (Å²) in [7, 11) is 0. The number of hydrogen-bond acceptors (Lipinski definition) is 9. The molecule has 22 heavy (non-hydrogen) atoms. The molecular weight excluding hydrogens is 292 g/mol. The molecule has 116 valence electrons. The van der Waals surface area contributed by atoms with E-state index in [1.807, 2.05) is 0 Å². The summed E-state index contributed by atoms with van der Waals surface area (Å²) in [6, 6.07) is 0. The SMILES string of the molecule is C#C[C@]1(CO)O[C@@H](n2cnc3c(N)nc(N)nc32)C(O)C1O. The lowest BCUT2D eigenvalue weighted by Gasteiger charge is -2.23. The Kier molecular flexibility index (Phi) is 3.15. The van der Waals surface area contributed by atoms with Crippen LogP contribution >= 0.6 is 0 Å². The predicted octanol–water partition coefficient (Wildman–Crippen LogP) is -2.39. The summed E-state index contributed by atoms with van der Waals surface area (Å²) in [6.45, 7) is -0.663. The van der Waals surface area contributed by atoms with Crippen molar-refractivity contribution in [2.45, 2.75) is 24.0 Å². The first-order valence-electron chi connectivity index (χ1n) is 6.31. The second-order valence-corrected chi connectivity index (χ2v) is 4.93. The van der Waals surface area contributed by atoms with Crippen molar-refractivity contribution in [3.63, 3.8) is 0 Å². The zero-order chi connectivity index (χ0) is 16.1. The van der Waals surface area contributed by atoms with Crippen LogP contribution < -0.4 is 11.5 Å². The molecule has 10 nitrogen and oxygen atoms in total. The maximum absolute atomic E-state index is 10.2. The number of ether oxygens (including phenoxy) is 1. The van der Waals surface area contributed by atoms with Crippen molar-refractivity contribution in [3.8, 4) is 12.3 Å². The molecule has 0 aliphatic carbocycles. The predicted molar refractivity (Wildman–Crippen MR) is 74.9 cm³/mol. The van der Waals surface area contributed by atoms with Crippen molar-refractivity contribution >= 4 is 22.9 Å². The second kappa shape index (κ2) is 4.79. The maximum Gasteiger partial charge on any atom is 0.224 e. The average Bonchev–Trinajstić information content (AvgIpc) is 3.01. The fraction of sp³-hybridized carbons (Fsp3) is 0.417. The van der Waals surface area contributed by atoms with E-state index in [2.05, 4.69) is 20.9 Å². The Balaban J connectivity index is 2.11. The van der Waals surface area contributed by atoms with Crippen LogP contribution in [0.1, 0.15) is 6.23 Å². The number of aliphatic hydroxyl groups excluding tert-OH is 3. The number of rotatable bonds is 2. The first-order chi connectivity index (χ1) is 10.4. The Morgan fingerprint density at radius 1 is 1.41 bits per heavy atom. The van der Waals surface area contributed by atoms with Gasteiger partial charge in [0.1, 0.15) is 17.7 Å². The van der Waals surface area contributed by atoms with E-state index >= 15 is 0 Å². The lowest BCUT2D eigenvalue weighted by atomic mass is 9.97.